The minimum absolute atomic E-state index is 0.106. The van der Waals surface area contributed by atoms with Gasteiger partial charge in [0, 0.05) is 30.4 Å². The molecule has 19 heavy (non-hydrogen) atoms. The van der Waals surface area contributed by atoms with Gasteiger partial charge in [-0.25, -0.2) is 9.78 Å². The predicted octanol–water partition coefficient (Wildman–Crippen LogP) is 3.19. The van der Waals surface area contributed by atoms with Crippen LogP contribution in [0.4, 0.5) is 4.79 Å². The summed E-state index contributed by atoms with van der Waals surface area (Å²) in [5.74, 6) is 0.971. The Kier molecular flexibility index (Phi) is 6.19. The van der Waals surface area contributed by atoms with Gasteiger partial charge in [0.15, 0.2) is 0 Å². The van der Waals surface area contributed by atoms with Crippen molar-refractivity contribution in [1.82, 2.24) is 15.6 Å². The lowest BCUT2D eigenvalue weighted by atomic mass is 10.3. The Morgan fingerprint density at radius 1 is 1.37 bits per heavy atom. The average Bonchev–Trinajstić information content (AvgIpc) is 3.09. The van der Waals surface area contributed by atoms with Crippen LogP contribution in [0.15, 0.2) is 32.7 Å². The summed E-state index contributed by atoms with van der Waals surface area (Å²) in [4.78, 5) is 15.7. The highest BCUT2D eigenvalue weighted by atomic mass is 32.2. The van der Waals surface area contributed by atoms with E-state index in [0.717, 1.165) is 22.1 Å². The van der Waals surface area contributed by atoms with E-state index in [-0.39, 0.29) is 6.03 Å². The summed E-state index contributed by atoms with van der Waals surface area (Å²) in [6.07, 6.45) is 2.75. The zero-order valence-corrected chi connectivity index (χ0v) is 12.7. The minimum atomic E-state index is -0.106. The van der Waals surface area contributed by atoms with Crippen molar-refractivity contribution in [3.05, 3.63) is 34.0 Å². The van der Waals surface area contributed by atoms with Crippen LogP contribution in [0, 0.1) is 0 Å². The Balaban J connectivity index is 1.49. The fourth-order valence-corrected chi connectivity index (χ4v) is 3.67. The van der Waals surface area contributed by atoms with Gasteiger partial charge in [0.25, 0.3) is 0 Å². The van der Waals surface area contributed by atoms with E-state index in [4.69, 9.17) is 0 Å². The number of aromatic nitrogens is 1. The molecule has 0 aromatic carbocycles. The summed E-state index contributed by atoms with van der Waals surface area (Å²) in [5.41, 5.74) is 1.14. The second-order valence-corrected chi connectivity index (χ2v) is 6.76. The van der Waals surface area contributed by atoms with Crippen molar-refractivity contribution in [3.63, 3.8) is 0 Å². The number of thiophene rings is 1. The highest BCUT2D eigenvalue weighted by molar-refractivity contribution is 8.00. The summed E-state index contributed by atoms with van der Waals surface area (Å²) in [6.45, 7) is 1.27. The highest BCUT2D eigenvalue weighted by Gasteiger charge is 2.00. The maximum atomic E-state index is 11.5. The molecule has 2 aromatic heterocycles. The molecule has 2 rings (SSSR count). The first-order valence-corrected chi connectivity index (χ1v) is 8.70. The van der Waals surface area contributed by atoms with Crippen LogP contribution >= 0.6 is 34.4 Å². The summed E-state index contributed by atoms with van der Waals surface area (Å²) in [5, 5.41) is 11.7. The molecule has 0 fully saturated rings. The molecule has 2 aromatic rings. The summed E-state index contributed by atoms with van der Waals surface area (Å²) < 4.78 is 1.09. The number of thioether (sulfide) groups is 1. The lowest BCUT2D eigenvalue weighted by molar-refractivity contribution is 0.240. The molecular weight excluding hydrogens is 298 g/mol. The maximum absolute atomic E-state index is 11.5. The molecule has 0 aliphatic heterocycles. The van der Waals surface area contributed by atoms with Gasteiger partial charge in [-0.05, 0) is 28.8 Å². The Hall–Kier alpha value is -1.05. The van der Waals surface area contributed by atoms with Gasteiger partial charge in [-0.3, -0.25) is 0 Å². The number of amides is 2. The molecule has 0 saturated heterocycles. The van der Waals surface area contributed by atoms with E-state index in [9.17, 15) is 4.79 Å². The number of urea groups is 1. The molecule has 0 spiro atoms. The van der Waals surface area contributed by atoms with Gasteiger partial charge in [0.05, 0.1) is 0 Å². The van der Waals surface area contributed by atoms with E-state index >= 15 is 0 Å². The fourth-order valence-electron chi connectivity index (χ4n) is 1.35. The fraction of sp³-hybridized carbons (Fsp3) is 0.333. The molecule has 0 bridgehead atoms. The third-order valence-electron chi connectivity index (χ3n) is 2.28. The molecule has 0 saturated carbocycles. The normalized spacial score (nSPS) is 10.3. The lowest BCUT2D eigenvalue weighted by Gasteiger charge is -2.06. The average molecular weight is 313 g/mol. The van der Waals surface area contributed by atoms with Gasteiger partial charge >= 0.3 is 6.03 Å². The van der Waals surface area contributed by atoms with Crippen molar-refractivity contribution in [2.75, 3.05) is 12.3 Å². The van der Waals surface area contributed by atoms with Gasteiger partial charge < -0.3 is 10.6 Å². The van der Waals surface area contributed by atoms with Crippen LogP contribution in [0.3, 0.4) is 0 Å². The third-order valence-corrected chi connectivity index (χ3v) is 5.06. The SMILES string of the molecule is O=C(NCCCSc1nccs1)NCc1ccsc1. The minimum Gasteiger partial charge on any atom is -0.338 e. The molecule has 7 heteroatoms. The predicted molar refractivity (Wildman–Crippen MR) is 82.0 cm³/mol. The summed E-state index contributed by atoms with van der Waals surface area (Å²) in [7, 11) is 0. The van der Waals surface area contributed by atoms with Crippen LogP contribution < -0.4 is 10.6 Å². The number of nitrogens with zero attached hydrogens (tertiary/aromatic N) is 1. The van der Waals surface area contributed by atoms with Gasteiger partial charge in [-0.1, -0.05) is 11.8 Å². The van der Waals surface area contributed by atoms with Crippen LogP contribution in [-0.2, 0) is 6.54 Å². The largest absolute Gasteiger partial charge is 0.338 e. The number of nitrogens with one attached hydrogen (secondary N) is 2. The van der Waals surface area contributed by atoms with E-state index < -0.39 is 0 Å². The number of carbonyl (C=O) groups excluding carboxylic acids is 1. The van der Waals surface area contributed by atoms with Crippen LogP contribution in [0.25, 0.3) is 0 Å². The topological polar surface area (TPSA) is 54.0 Å². The van der Waals surface area contributed by atoms with E-state index in [0.29, 0.717) is 13.1 Å². The van der Waals surface area contributed by atoms with Crippen molar-refractivity contribution in [2.45, 2.75) is 17.3 Å². The van der Waals surface area contributed by atoms with E-state index in [1.54, 1.807) is 34.4 Å². The Morgan fingerprint density at radius 3 is 3.05 bits per heavy atom. The Morgan fingerprint density at radius 2 is 2.32 bits per heavy atom. The molecular formula is C12H15N3OS3. The first-order chi connectivity index (χ1) is 9.34. The first-order valence-electron chi connectivity index (χ1n) is 5.89. The van der Waals surface area contributed by atoms with Crippen LogP contribution in [0.5, 0.6) is 0 Å². The van der Waals surface area contributed by atoms with E-state index in [1.165, 1.54) is 0 Å². The molecule has 2 heterocycles. The van der Waals surface area contributed by atoms with Crippen molar-refractivity contribution < 1.29 is 4.79 Å². The molecule has 0 aliphatic carbocycles. The molecule has 0 atom stereocenters. The van der Waals surface area contributed by atoms with Gasteiger partial charge in [-0.2, -0.15) is 11.3 Å². The van der Waals surface area contributed by atoms with Gasteiger partial charge in [0.1, 0.15) is 4.34 Å². The first kappa shape index (κ1) is 14.4. The molecule has 2 amide bonds. The zero-order chi connectivity index (χ0) is 13.3. The van der Waals surface area contributed by atoms with Crippen LogP contribution in [0.2, 0.25) is 0 Å². The molecule has 4 nitrogen and oxygen atoms in total. The number of hydrogen-bond acceptors (Lipinski definition) is 5. The molecule has 0 aliphatic rings. The standard InChI is InChI=1S/C12H15N3OS3/c16-11(15-8-10-2-6-17-9-10)13-3-1-5-18-12-14-4-7-19-12/h2,4,6-7,9H,1,3,5,8H2,(H2,13,15,16). The Bertz CT molecular complexity index is 470. The van der Waals surface area contributed by atoms with Gasteiger partial charge in [0.2, 0.25) is 0 Å². The molecule has 0 radical (unpaired) electrons. The molecule has 2 N–H and O–H groups in total. The van der Waals surface area contributed by atoms with Crippen LogP contribution in [-0.4, -0.2) is 23.3 Å². The monoisotopic (exact) mass is 313 g/mol. The van der Waals surface area contributed by atoms with Gasteiger partial charge in [-0.15, -0.1) is 11.3 Å². The van der Waals surface area contributed by atoms with E-state index in [1.807, 2.05) is 28.4 Å². The zero-order valence-electron chi connectivity index (χ0n) is 10.3. The molecule has 0 unspecified atom stereocenters. The quantitative estimate of drug-likeness (QED) is 0.610. The molecule has 102 valence electrons. The summed E-state index contributed by atoms with van der Waals surface area (Å²) >= 11 is 5.01. The van der Waals surface area contributed by atoms with Crippen molar-refractivity contribution in [1.29, 1.82) is 0 Å². The number of carbonyl (C=O) groups is 1. The smallest absolute Gasteiger partial charge is 0.315 e. The maximum Gasteiger partial charge on any atom is 0.315 e. The number of thiazole rings is 1. The van der Waals surface area contributed by atoms with E-state index in [2.05, 4.69) is 15.6 Å². The Labute approximate surface area is 124 Å². The highest BCUT2D eigenvalue weighted by Crippen LogP contribution is 2.20. The number of hydrogen-bond donors (Lipinski definition) is 2. The second-order valence-electron chi connectivity index (χ2n) is 3.74. The van der Waals surface area contributed by atoms with Crippen molar-refractivity contribution >= 4 is 40.5 Å². The van der Waals surface area contributed by atoms with Crippen molar-refractivity contribution in [2.24, 2.45) is 0 Å². The lowest BCUT2D eigenvalue weighted by Crippen LogP contribution is -2.35. The number of rotatable bonds is 7. The third kappa shape index (κ3) is 5.63. The second kappa shape index (κ2) is 8.19. The summed E-state index contributed by atoms with van der Waals surface area (Å²) in [6, 6.07) is 1.90. The van der Waals surface area contributed by atoms with Crippen molar-refractivity contribution in [3.8, 4) is 0 Å². The van der Waals surface area contributed by atoms with Crippen LogP contribution in [0.1, 0.15) is 12.0 Å².